The van der Waals surface area contributed by atoms with Crippen LogP contribution in [0.25, 0.3) is 0 Å². The van der Waals surface area contributed by atoms with E-state index in [4.69, 9.17) is 0 Å². The molecule has 2 nitrogen and oxygen atoms in total. The smallest absolute Gasteiger partial charge is 0.308 e. The first-order valence-corrected chi connectivity index (χ1v) is 7.51. The summed E-state index contributed by atoms with van der Waals surface area (Å²) in [6, 6.07) is 8.57. The molecule has 1 saturated heterocycles. The molecule has 2 atom stereocenters. The predicted molar refractivity (Wildman–Crippen MR) is 78.1 cm³/mol. The minimum atomic E-state index is -4.16. The second-order valence-electron chi connectivity index (χ2n) is 5.82. The van der Waals surface area contributed by atoms with E-state index in [-0.39, 0.29) is 0 Å². The molecule has 2 unspecified atom stereocenters. The maximum atomic E-state index is 12.8. The normalized spacial score (nSPS) is 22.2. The number of halogens is 3. The Kier molecular flexibility index (Phi) is 5.65. The van der Waals surface area contributed by atoms with E-state index < -0.39 is 18.6 Å². The van der Waals surface area contributed by atoms with Gasteiger partial charge in [0.2, 0.25) is 0 Å². The molecule has 0 aromatic heterocycles. The minimum Gasteiger partial charge on any atom is -0.308 e. The van der Waals surface area contributed by atoms with E-state index in [1.165, 1.54) is 6.42 Å². The van der Waals surface area contributed by atoms with Crippen LogP contribution in [0, 0.1) is 0 Å². The third kappa shape index (κ3) is 5.32. The van der Waals surface area contributed by atoms with Crippen molar-refractivity contribution >= 4 is 0 Å². The van der Waals surface area contributed by atoms with Gasteiger partial charge in [0, 0.05) is 18.6 Å². The molecule has 1 aromatic rings. The van der Waals surface area contributed by atoms with E-state index in [9.17, 15) is 13.2 Å². The molecular formula is C16H23F3N2. The molecule has 1 fully saturated rings. The monoisotopic (exact) mass is 300 g/mol. The number of rotatable bonds is 5. The quantitative estimate of drug-likeness (QED) is 0.891. The Morgan fingerprint density at radius 3 is 2.57 bits per heavy atom. The number of hydrogen-bond donors (Lipinski definition) is 1. The molecule has 1 aliphatic heterocycles. The van der Waals surface area contributed by atoms with Crippen LogP contribution in [-0.4, -0.2) is 37.3 Å². The lowest BCUT2D eigenvalue weighted by Crippen LogP contribution is -2.44. The van der Waals surface area contributed by atoms with Crippen molar-refractivity contribution in [2.24, 2.45) is 0 Å². The highest BCUT2D eigenvalue weighted by Crippen LogP contribution is 2.29. The Balaban J connectivity index is 1.99. The average Bonchev–Trinajstić information content (AvgIpc) is 2.45. The number of likely N-dealkylation sites (N-methyl/N-ethyl adjacent to an activating group) is 1. The zero-order valence-electron chi connectivity index (χ0n) is 12.4. The van der Waals surface area contributed by atoms with E-state index >= 15 is 0 Å². The molecule has 0 saturated carbocycles. The summed E-state index contributed by atoms with van der Waals surface area (Å²) in [6.07, 6.45) is -1.60. The fraction of sp³-hybridized carbons (Fsp3) is 0.625. The summed E-state index contributed by atoms with van der Waals surface area (Å²) in [7, 11) is 2.05. The van der Waals surface area contributed by atoms with Crippen LogP contribution in [0.2, 0.25) is 0 Å². The van der Waals surface area contributed by atoms with Gasteiger partial charge in [0.05, 0.1) is 6.42 Å². The first-order valence-electron chi connectivity index (χ1n) is 7.51. The third-order valence-electron chi connectivity index (χ3n) is 4.16. The highest BCUT2D eigenvalue weighted by Gasteiger charge is 2.33. The van der Waals surface area contributed by atoms with Crippen molar-refractivity contribution in [2.75, 3.05) is 20.1 Å². The lowest BCUT2D eigenvalue weighted by Gasteiger charge is -2.34. The molecule has 21 heavy (non-hydrogen) atoms. The van der Waals surface area contributed by atoms with Gasteiger partial charge in [-0.05, 0) is 32.0 Å². The zero-order valence-corrected chi connectivity index (χ0v) is 12.4. The van der Waals surface area contributed by atoms with Crippen molar-refractivity contribution in [2.45, 2.75) is 43.9 Å². The summed E-state index contributed by atoms with van der Waals surface area (Å²) >= 11 is 0. The van der Waals surface area contributed by atoms with Gasteiger partial charge >= 0.3 is 6.18 Å². The number of nitrogens with zero attached hydrogens (tertiary/aromatic N) is 1. The topological polar surface area (TPSA) is 15.3 Å². The standard InChI is InChI=1S/C16H23F3N2/c1-21-10-6-5-9-14(21)12-20-15(11-16(17,18)19)13-7-3-2-4-8-13/h2-4,7-8,14-15,20H,5-6,9-12H2,1H3. The Labute approximate surface area is 124 Å². The van der Waals surface area contributed by atoms with E-state index in [1.807, 2.05) is 13.1 Å². The summed E-state index contributed by atoms with van der Waals surface area (Å²) in [5.74, 6) is 0. The molecule has 0 radical (unpaired) electrons. The van der Waals surface area contributed by atoms with Crippen molar-refractivity contribution in [1.29, 1.82) is 0 Å². The van der Waals surface area contributed by atoms with Crippen LogP contribution in [0.3, 0.4) is 0 Å². The van der Waals surface area contributed by atoms with Crippen LogP contribution in [0.5, 0.6) is 0 Å². The van der Waals surface area contributed by atoms with E-state index in [0.29, 0.717) is 18.2 Å². The summed E-state index contributed by atoms with van der Waals surface area (Å²) < 4.78 is 38.3. The molecule has 1 heterocycles. The van der Waals surface area contributed by atoms with Crippen LogP contribution in [-0.2, 0) is 0 Å². The zero-order chi connectivity index (χ0) is 15.3. The summed E-state index contributed by atoms with van der Waals surface area (Å²) in [6.45, 7) is 1.63. The maximum Gasteiger partial charge on any atom is 0.390 e. The predicted octanol–water partition coefficient (Wildman–Crippen LogP) is 3.75. The van der Waals surface area contributed by atoms with Crippen LogP contribution in [0.15, 0.2) is 30.3 Å². The number of likely N-dealkylation sites (tertiary alicyclic amines) is 1. The van der Waals surface area contributed by atoms with Crippen LogP contribution < -0.4 is 5.32 Å². The largest absolute Gasteiger partial charge is 0.390 e. The SMILES string of the molecule is CN1CCCCC1CNC(CC(F)(F)F)c1ccccc1. The lowest BCUT2D eigenvalue weighted by molar-refractivity contribution is -0.140. The first-order chi connectivity index (χ1) is 9.96. The van der Waals surface area contributed by atoms with Gasteiger partial charge in [-0.2, -0.15) is 13.2 Å². The second kappa shape index (κ2) is 7.27. The van der Waals surface area contributed by atoms with Crippen LogP contribution in [0.4, 0.5) is 13.2 Å². The summed E-state index contributed by atoms with van der Waals surface area (Å²) in [5.41, 5.74) is 0.702. The summed E-state index contributed by atoms with van der Waals surface area (Å²) in [4.78, 5) is 2.24. The fourth-order valence-electron chi connectivity index (χ4n) is 2.90. The van der Waals surface area contributed by atoms with Gasteiger partial charge in [-0.25, -0.2) is 0 Å². The molecular weight excluding hydrogens is 277 g/mol. The molecule has 0 bridgehead atoms. The van der Waals surface area contributed by atoms with Crippen molar-refractivity contribution < 1.29 is 13.2 Å². The Morgan fingerprint density at radius 1 is 1.24 bits per heavy atom. The number of benzene rings is 1. The molecule has 0 spiro atoms. The van der Waals surface area contributed by atoms with Crippen molar-refractivity contribution in [3.8, 4) is 0 Å². The Bertz CT molecular complexity index is 419. The van der Waals surface area contributed by atoms with E-state index in [1.54, 1.807) is 24.3 Å². The summed E-state index contributed by atoms with van der Waals surface area (Å²) in [5, 5.41) is 3.13. The van der Waals surface area contributed by atoms with E-state index in [0.717, 1.165) is 19.4 Å². The second-order valence-corrected chi connectivity index (χ2v) is 5.82. The minimum absolute atomic E-state index is 0.332. The van der Waals surface area contributed by atoms with E-state index in [2.05, 4.69) is 10.2 Å². The Hall–Kier alpha value is -1.07. The fourth-order valence-corrected chi connectivity index (χ4v) is 2.90. The number of nitrogens with one attached hydrogen (secondary N) is 1. The van der Waals surface area contributed by atoms with Crippen LogP contribution in [0.1, 0.15) is 37.3 Å². The Morgan fingerprint density at radius 2 is 1.95 bits per heavy atom. The van der Waals surface area contributed by atoms with Gasteiger partial charge < -0.3 is 10.2 Å². The van der Waals surface area contributed by atoms with Gasteiger partial charge in [0.15, 0.2) is 0 Å². The maximum absolute atomic E-state index is 12.8. The van der Waals surface area contributed by atoms with Gasteiger partial charge in [-0.3, -0.25) is 0 Å². The molecule has 1 aliphatic rings. The van der Waals surface area contributed by atoms with Crippen molar-refractivity contribution in [1.82, 2.24) is 10.2 Å². The highest BCUT2D eigenvalue weighted by atomic mass is 19.4. The molecule has 1 aromatic carbocycles. The first kappa shape index (κ1) is 16.3. The highest BCUT2D eigenvalue weighted by molar-refractivity contribution is 5.19. The molecule has 0 amide bonds. The molecule has 118 valence electrons. The molecule has 0 aliphatic carbocycles. The van der Waals surface area contributed by atoms with Gasteiger partial charge in [-0.1, -0.05) is 36.8 Å². The van der Waals surface area contributed by atoms with Gasteiger partial charge in [-0.15, -0.1) is 0 Å². The molecule has 2 rings (SSSR count). The van der Waals surface area contributed by atoms with Gasteiger partial charge in [0.1, 0.15) is 0 Å². The number of hydrogen-bond acceptors (Lipinski definition) is 2. The van der Waals surface area contributed by atoms with Crippen molar-refractivity contribution in [3.05, 3.63) is 35.9 Å². The molecule has 1 N–H and O–H groups in total. The third-order valence-corrected chi connectivity index (χ3v) is 4.16. The number of alkyl halides is 3. The van der Waals surface area contributed by atoms with Crippen molar-refractivity contribution in [3.63, 3.8) is 0 Å². The van der Waals surface area contributed by atoms with Crippen LogP contribution >= 0.6 is 0 Å². The molecule has 5 heteroatoms. The average molecular weight is 300 g/mol. The van der Waals surface area contributed by atoms with Gasteiger partial charge in [0.25, 0.3) is 0 Å². The number of piperidine rings is 1. The lowest BCUT2D eigenvalue weighted by atomic mass is 10.00.